The van der Waals surface area contributed by atoms with E-state index in [1.54, 1.807) is 18.2 Å². The Morgan fingerprint density at radius 1 is 1.11 bits per heavy atom. The molecule has 0 unspecified atom stereocenters. The summed E-state index contributed by atoms with van der Waals surface area (Å²) in [4.78, 5) is 25.6. The van der Waals surface area contributed by atoms with Crippen molar-refractivity contribution in [2.24, 2.45) is 5.92 Å². The number of benzene rings is 2. The van der Waals surface area contributed by atoms with Gasteiger partial charge in [-0.3, -0.25) is 4.79 Å². The predicted molar refractivity (Wildman–Crippen MR) is 142 cm³/mol. The molecule has 3 aromatic rings. The lowest BCUT2D eigenvalue weighted by Gasteiger charge is -2.13. The summed E-state index contributed by atoms with van der Waals surface area (Å²) in [5.74, 6) is 0.102. The monoisotopic (exact) mass is 508 g/mol. The smallest absolute Gasteiger partial charge is 0.342 e. The number of hydrogen-bond donors (Lipinski definition) is 3. The fourth-order valence-corrected chi connectivity index (χ4v) is 5.02. The Morgan fingerprint density at radius 2 is 1.83 bits per heavy atom. The maximum Gasteiger partial charge on any atom is 0.342 e. The molecule has 2 aromatic carbocycles. The van der Waals surface area contributed by atoms with Gasteiger partial charge in [0.1, 0.15) is 5.75 Å². The largest absolute Gasteiger partial charge is 0.507 e. The Labute approximate surface area is 216 Å². The molecule has 1 fully saturated rings. The number of phenolic OH excluding ortho intramolecular Hbond substituents is 1. The molecule has 8 heteroatoms. The standard InChI is InChI=1S/C28H33ClN4O3/c1-3-18(4-2)27(35)31-21-13-14-22(26(34)15-21)24-16-25(19-9-5-6-10-19)33(32-24)28(36)30-17-20-11-7-8-12-23(20)29/h7-8,11-16,18-19,34H,3-6,9-10,17H2,1-2H3,(H,30,36)(H,31,35). The highest BCUT2D eigenvalue weighted by atomic mass is 35.5. The van der Waals surface area contributed by atoms with Crippen LogP contribution < -0.4 is 10.6 Å². The van der Waals surface area contributed by atoms with Gasteiger partial charge >= 0.3 is 6.03 Å². The summed E-state index contributed by atoms with van der Waals surface area (Å²) in [6, 6.07) is 13.9. The number of phenols is 1. The highest BCUT2D eigenvalue weighted by molar-refractivity contribution is 6.31. The van der Waals surface area contributed by atoms with E-state index in [0.717, 1.165) is 49.8 Å². The molecule has 1 saturated carbocycles. The van der Waals surface area contributed by atoms with Crippen LogP contribution in [0.4, 0.5) is 10.5 Å². The lowest BCUT2D eigenvalue weighted by molar-refractivity contribution is -0.120. The van der Waals surface area contributed by atoms with Crippen molar-refractivity contribution >= 4 is 29.2 Å². The number of nitrogens with zero attached hydrogens (tertiary/aromatic N) is 2. The van der Waals surface area contributed by atoms with Gasteiger partial charge in [0.05, 0.1) is 11.4 Å². The van der Waals surface area contributed by atoms with Crippen molar-refractivity contribution in [2.45, 2.75) is 64.8 Å². The number of amides is 2. The third kappa shape index (κ3) is 5.73. The third-order valence-electron chi connectivity index (χ3n) is 6.99. The van der Waals surface area contributed by atoms with Crippen molar-refractivity contribution in [3.8, 4) is 17.0 Å². The molecule has 2 amide bonds. The van der Waals surface area contributed by atoms with E-state index in [1.165, 1.54) is 10.7 Å². The van der Waals surface area contributed by atoms with Crippen LogP contribution in [0.3, 0.4) is 0 Å². The summed E-state index contributed by atoms with van der Waals surface area (Å²) in [6.07, 6.45) is 5.73. The average molecular weight is 509 g/mol. The third-order valence-corrected chi connectivity index (χ3v) is 7.36. The lowest BCUT2D eigenvalue weighted by Crippen LogP contribution is -2.30. The van der Waals surface area contributed by atoms with Gasteiger partial charge in [-0.1, -0.05) is 56.5 Å². The van der Waals surface area contributed by atoms with E-state index in [1.807, 2.05) is 38.1 Å². The molecule has 7 nitrogen and oxygen atoms in total. The molecule has 0 atom stereocenters. The van der Waals surface area contributed by atoms with Crippen molar-refractivity contribution in [2.75, 3.05) is 5.32 Å². The average Bonchev–Trinajstić information content (AvgIpc) is 3.54. The first-order chi connectivity index (χ1) is 17.4. The second kappa shape index (κ2) is 11.6. The molecule has 0 spiro atoms. The van der Waals surface area contributed by atoms with Gasteiger partial charge in [-0.05, 0) is 55.5 Å². The van der Waals surface area contributed by atoms with Crippen LogP contribution in [0.5, 0.6) is 5.75 Å². The highest BCUT2D eigenvalue weighted by Gasteiger charge is 2.26. The summed E-state index contributed by atoms with van der Waals surface area (Å²) in [5.41, 5.74) is 3.21. The molecule has 1 aromatic heterocycles. The van der Waals surface area contributed by atoms with Gasteiger partial charge in [-0.2, -0.15) is 9.78 Å². The van der Waals surface area contributed by atoms with Crippen molar-refractivity contribution in [1.29, 1.82) is 0 Å². The van der Waals surface area contributed by atoms with Gasteiger partial charge in [0.15, 0.2) is 0 Å². The maximum atomic E-state index is 13.2. The minimum Gasteiger partial charge on any atom is -0.507 e. The van der Waals surface area contributed by atoms with Crippen LogP contribution in [-0.4, -0.2) is 26.8 Å². The predicted octanol–water partition coefficient (Wildman–Crippen LogP) is 6.70. The Balaban J connectivity index is 1.58. The van der Waals surface area contributed by atoms with E-state index in [9.17, 15) is 14.7 Å². The molecule has 190 valence electrons. The summed E-state index contributed by atoms with van der Waals surface area (Å²) < 4.78 is 1.42. The lowest BCUT2D eigenvalue weighted by atomic mass is 10.0. The fourth-order valence-electron chi connectivity index (χ4n) is 4.82. The van der Waals surface area contributed by atoms with Gasteiger partial charge in [-0.25, -0.2) is 4.79 Å². The first-order valence-corrected chi connectivity index (χ1v) is 13.0. The number of aromatic hydroxyl groups is 1. The van der Waals surface area contributed by atoms with Gasteiger partial charge < -0.3 is 15.7 Å². The molecule has 0 radical (unpaired) electrons. The van der Waals surface area contributed by atoms with Crippen LogP contribution in [0.15, 0.2) is 48.5 Å². The number of carbonyl (C=O) groups is 2. The molecule has 1 aliphatic carbocycles. The number of anilines is 1. The summed E-state index contributed by atoms with van der Waals surface area (Å²) >= 11 is 6.24. The number of halogens is 1. The van der Waals surface area contributed by atoms with Crippen LogP contribution in [0.1, 0.15) is 69.5 Å². The first kappa shape index (κ1) is 25.8. The molecular weight excluding hydrogens is 476 g/mol. The molecular formula is C28H33ClN4O3. The number of nitrogens with one attached hydrogen (secondary N) is 2. The highest BCUT2D eigenvalue weighted by Crippen LogP contribution is 2.38. The molecule has 36 heavy (non-hydrogen) atoms. The van der Waals surface area contributed by atoms with Crippen molar-refractivity contribution in [1.82, 2.24) is 15.1 Å². The molecule has 0 aliphatic heterocycles. The minimum absolute atomic E-state index is 0.00329. The quantitative estimate of drug-likeness (QED) is 0.315. The summed E-state index contributed by atoms with van der Waals surface area (Å²) in [6.45, 7) is 4.25. The SMILES string of the molecule is CCC(CC)C(=O)Nc1ccc(-c2cc(C3CCCC3)n(C(=O)NCc3ccccc3Cl)n2)c(O)c1. The molecule has 3 N–H and O–H groups in total. The van der Waals surface area contributed by atoms with Crippen LogP contribution >= 0.6 is 11.6 Å². The fraction of sp³-hybridized carbons (Fsp3) is 0.393. The first-order valence-electron chi connectivity index (χ1n) is 12.7. The Hall–Kier alpha value is -3.32. The van der Waals surface area contributed by atoms with Crippen LogP contribution in [0.25, 0.3) is 11.3 Å². The molecule has 1 aliphatic rings. The van der Waals surface area contributed by atoms with Gasteiger partial charge in [0.25, 0.3) is 0 Å². The van der Waals surface area contributed by atoms with Crippen LogP contribution in [0.2, 0.25) is 5.02 Å². The van der Waals surface area contributed by atoms with Crippen molar-refractivity contribution < 1.29 is 14.7 Å². The summed E-state index contributed by atoms with van der Waals surface area (Å²) in [5, 5.41) is 21.8. The molecule has 4 rings (SSSR count). The zero-order valence-corrected chi connectivity index (χ0v) is 21.5. The van der Waals surface area contributed by atoms with E-state index in [-0.39, 0.29) is 36.1 Å². The second-order valence-corrected chi connectivity index (χ2v) is 9.74. The zero-order chi connectivity index (χ0) is 25.7. The Kier molecular flexibility index (Phi) is 8.31. The topological polar surface area (TPSA) is 96.3 Å². The molecule has 0 saturated heterocycles. The number of carbonyl (C=O) groups excluding carboxylic acids is 2. The van der Waals surface area contributed by atoms with E-state index < -0.39 is 0 Å². The number of aromatic nitrogens is 2. The normalized spacial score (nSPS) is 13.8. The maximum absolute atomic E-state index is 13.2. The van der Waals surface area contributed by atoms with Gasteiger partial charge in [-0.15, -0.1) is 0 Å². The number of hydrogen-bond acceptors (Lipinski definition) is 4. The van der Waals surface area contributed by atoms with Gasteiger partial charge in [0.2, 0.25) is 5.91 Å². The van der Waals surface area contributed by atoms with Crippen LogP contribution in [-0.2, 0) is 11.3 Å². The van der Waals surface area contributed by atoms with Crippen LogP contribution in [0, 0.1) is 5.92 Å². The summed E-state index contributed by atoms with van der Waals surface area (Å²) in [7, 11) is 0. The zero-order valence-electron chi connectivity index (χ0n) is 20.8. The minimum atomic E-state index is -0.336. The number of rotatable bonds is 8. The van der Waals surface area contributed by atoms with E-state index in [4.69, 9.17) is 11.6 Å². The van der Waals surface area contributed by atoms with Crippen molar-refractivity contribution in [3.05, 3.63) is 64.8 Å². The van der Waals surface area contributed by atoms with Gasteiger partial charge in [0, 0.05) is 40.7 Å². The van der Waals surface area contributed by atoms with Crippen molar-refractivity contribution in [3.63, 3.8) is 0 Å². The molecule has 1 heterocycles. The molecule has 0 bridgehead atoms. The van der Waals surface area contributed by atoms with E-state index in [0.29, 0.717) is 22.0 Å². The second-order valence-electron chi connectivity index (χ2n) is 9.33. The Bertz CT molecular complexity index is 1230. The van der Waals surface area contributed by atoms with E-state index >= 15 is 0 Å². The van der Waals surface area contributed by atoms with E-state index in [2.05, 4.69) is 15.7 Å². The Morgan fingerprint density at radius 3 is 2.50 bits per heavy atom.